The number of hydrogen-bond acceptors (Lipinski definition) is 4. The molecule has 0 aliphatic heterocycles. The molecule has 0 spiro atoms. The fourth-order valence-corrected chi connectivity index (χ4v) is 3.60. The Morgan fingerprint density at radius 2 is 1.88 bits per heavy atom. The summed E-state index contributed by atoms with van der Waals surface area (Å²) in [5.74, 6) is -0.353. The number of hydrogen-bond donors (Lipinski definition) is 0. The van der Waals surface area contributed by atoms with Crippen LogP contribution in [0.25, 0.3) is 0 Å². The number of anilines is 1. The standard InChI is InChI=1S/C18H18BrN3O3S/c1-21(12-15-7-3-4-9-17(15)19)18(23)13-22(26(2,24)25)16-8-5-6-14(10-16)11-20/h3-10H,12-13H2,1-2H3. The second kappa shape index (κ2) is 8.34. The molecule has 0 fully saturated rings. The highest BCUT2D eigenvalue weighted by Gasteiger charge is 2.23. The van der Waals surface area contributed by atoms with Gasteiger partial charge >= 0.3 is 0 Å². The van der Waals surface area contributed by atoms with E-state index in [4.69, 9.17) is 5.26 Å². The SMILES string of the molecule is CN(Cc1ccccc1Br)C(=O)CN(c1cccc(C#N)c1)S(C)(=O)=O. The van der Waals surface area contributed by atoms with E-state index in [0.717, 1.165) is 20.6 Å². The zero-order valence-electron chi connectivity index (χ0n) is 14.4. The Morgan fingerprint density at radius 1 is 1.19 bits per heavy atom. The van der Waals surface area contributed by atoms with Gasteiger partial charge in [-0.05, 0) is 29.8 Å². The number of carbonyl (C=O) groups is 1. The molecule has 0 aliphatic rings. The molecular weight excluding hydrogens is 418 g/mol. The molecule has 0 N–H and O–H groups in total. The Hall–Kier alpha value is -2.37. The fourth-order valence-electron chi connectivity index (χ4n) is 2.34. The molecule has 2 rings (SSSR count). The topological polar surface area (TPSA) is 81.5 Å². The molecule has 8 heteroatoms. The van der Waals surface area contributed by atoms with E-state index >= 15 is 0 Å². The van der Waals surface area contributed by atoms with Crippen molar-refractivity contribution in [2.45, 2.75) is 6.54 Å². The van der Waals surface area contributed by atoms with Gasteiger partial charge in [-0.15, -0.1) is 0 Å². The monoisotopic (exact) mass is 435 g/mol. The molecule has 0 heterocycles. The molecule has 0 unspecified atom stereocenters. The van der Waals surface area contributed by atoms with E-state index in [1.54, 1.807) is 25.2 Å². The van der Waals surface area contributed by atoms with Gasteiger partial charge in [0.2, 0.25) is 15.9 Å². The summed E-state index contributed by atoms with van der Waals surface area (Å²) in [6.07, 6.45) is 1.03. The zero-order valence-corrected chi connectivity index (χ0v) is 16.8. The van der Waals surface area contributed by atoms with Crippen molar-refractivity contribution in [3.8, 4) is 6.07 Å². The Balaban J connectivity index is 2.22. The molecule has 6 nitrogen and oxygen atoms in total. The number of nitriles is 1. The van der Waals surface area contributed by atoms with Gasteiger partial charge in [0.25, 0.3) is 0 Å². The first-order valence-electron chi connectivity index (χ1n) is 7.67. The molecule has 0 saturated carbocycles. The molecule has 1 amide bonds. The fraction of sp³-hybridized carbons (Fsp3) is 0.222. The van der Waals surface area contributed by atoms with Crippen LogP contribution in [0.4, 0.5) is 5.69 Å². The molecule has 0 saturated heterocycles. The first-order valence-corrected chi connectivity index (χ1v) is 10.3. The third-order valence-corrected chi connectivity index (χ3v) is 5.65. The Morgan fingerprint density at radius 3 is 2.50 bits per heavy atom. The van der Waals surface area contributed by atoms with E-state index in [9.17, 15) is 13.2 Å². The van der Waals surface area contributed by atoms with Crippen LogP contribution in [0.2, 0.25) is 0 Å². The zero-order chi connectivity index (χ0) is 19.3. The van der Waals surface area contributed by atoms with Crippen molar-refractivity contribution in [1.82, 2.24) is 4.90 Å². The van der Waals surface area contributed by atoms with Gasteiger partial charge in [-0.3, -0.25) is 9.10 Å². The lowest BCUT2D eigenvalue weighted by atomic mass is 10.2. The molecular formula is C18H18BrN3O3S. The lowest BCUT2D eigenvalue weighted by Crippen LogP contribution is -2.41. The maximum atomic E-state index is 12.6. The lowest BCUT2D eigenvalue weighted by molar-refractivity contribution is -0.128. The highest BCUT2D eigenvalue weighted by atomic mass is 79.9. The summed E-state index contributed by atoms with van der Waals surface area (Å²) in [5.41, 5.74) is 1.53. The molecule has 2 aromatic rings. The average Bonchev–Trinajstić information content (AvgIpc) is 2.60. The van der Waals surface area contributed by atoms with Gasteiger partial charge in [0.15, 0.2) is 0 Å². The van der Waals surface area contributed by atoms with Crippen molar-refractivity contribution in [3.63, 3.8) is 0 Å². The number of carbonyl (C=O) groups excluding carboxylic acids is 1. The normalized spacial score (nSPS) is 10.8. The lowest BCUT2D eigenvalue weighted by Gasteiger charge is -2.25. The number of nitrogens with zero attached hydrogens (tertiary/aromatic N) is 3. The van der Waals surface area contributed by atoms with Crippen LogP contribution in [0, 0.1) is 11.3 Å². The van der Waals surface area contributed by atoms with Crippen molar-refractivity contribution in [2.24, 2.45) is 0 Å². The third kappa shape index (κ3) is 5.07. The first-order chi connectivity index (χ1) is 12.2. The maximum Gasteiger partial charge on any atom is 0.243 e. The molecule has 2 aromatic carbocycles. The van der Waals surface area contributed by atoms with Crippen LogP contribution in [-0.2, 0) is 21.4 Å². The van der Waals surface area contributed by atoms with E-state index in [2.05, 4.69) is 15.9 Å². The largest absolute Gasteiger partial charge is 0.340 e. The Bertz CT molecular complexity index is 954. The van der Waals surface area contributed by atoms with Crippen LogP contribution < -0.4 is 4.31 Å². The van der Waals surface area contributed by atoms with Crippen LogP contribution in [0.1, 0.15) is 11.1 Å². The number of halogens is 1. The Labute approximate surface area is 161 Å². The summed E-state index contributed by atoms with van der Waals surface area (Å²) in [7, 11) is -2.07. The molecule has 0 bridgehead atoms. The Kier molecular flexibility index (Phi) is 6.40. The predicted molar refractivity (Wildman–Crippen MR) is 104 cm³/mol. The van der Waals surface area contributed by atoms with Crippen molar-refractivity contribution < 1.29 is 13.2 Å². The predicted octanol–water partition coefficient (Wildman–Crippen LogP) is 2.75. The van der Waals surface area contributed by atoms with E-state index in [0.29, 0.717) is 12.1 Å². The molecule has 26 heavy (non-hydrogen) atoms. The molecule has 0 radical (unpaired) electrons. The van der Waals surface area contributed by atoms with E-state index in [1.807, 2.05) is 30.3 Å². The van der Waals surface area contributed by atoms with Crippen LogP contribution >= 0.6 is 15.9 Å². The number of rotatable bonds is 6. The minimum atomic E-state index is -3.69. The summed E-state index contributed by atoms with van der Waals surface area (Å²) in [4.78, 5) is 14.0. The van der Waals surface area contributed by atoms with Gasteiger partial charge in [0.05, 0.1) is 23.6 Å². The molecule has 0 aliphatic carbocycles. The van der Waals surface area contributed by atoms with Crippen LogP contribution in [-0.4, -0.2) is 39.1 Å². The van der Waals surface area contributed by atoms with Gasteiger partial charge in [-0.25, -0.2) is 8.42 Å². The van der Waals surface area contributed by atoms with E-state index in [-0.39, 0.29) is 18.1 Å². The van der Waals surface area contributed by atoms with Crippen LogP contribution in [0.5, 0.6) is 0 Å². The van der Waals surface area contributed by atoms with Crippen molar-refractivity contribution >= 4 is 37.5 Å². The highest BCUT2D eigenvalue weighted by Crippen LogP contribution is 2.20. The minimum absolute atomic E-state index is 0.286. The molecule has 0 atom stereocenters. The van der Waals surface area contributed by atoms with E-state index < -0.39 is 10.0 Å². The summed E-state index contributed by atoms with van der Waals surface area (Å²) in [6, 6.07) is 15.6. The summed E-state index contributed by atoms with van der Waals surface area (Å²) >= 11 is 3.43. The van der Waals surface area contributed by atoms with Crippen molar-refractivity contribution in [1.29, 1.82) is 5.26 Å². The minimum Gasteiger partial charge on any atom is -0.340 e. The number of amides is 1. The van der Waals surface area contributed by atoms with Gasteiger partial charge in [-0.2, -0.15) is 5.26 Å². The third-order valence-electron chi connectivity index (χ3n) is 3.73. The second-order valence-electron chi connectivity index (χ2n) is 5.77. The van der Waals surface area contributed by atoms with Crippen LogP contribution in [0.15, 0.2) is 53.0 Å². The number of sulfonamides is 1. The average molecular weight is 436 g/mol. The smallest absolute Gasteiger partial charge is 0.243 e. The van der Waals surface area contributed by atoms with E-state index in [1.165, 1.54) is 11.0 Å². The first kappa shape index (κ1) is 19.9. The summed E-state index contributed by atoms with van der Waals surface area (Å²) in [6.45, 7) is 0.00472. The van der Waals surface area contributed by atoms with Gasteiger partial charge in [0.1, 0.15) is 6.54 Å². The molecule has 136 valence electrons. The quantitative estimate of drug-likeness (QED) is 0.698. The van der Waals surface area contributed by atoms with Gasteiger partial charge < -0.3 is 4.90 Å². The maximum absolute atomic E-state index is 12.6. The summed E-state index contributed by atoms with van der Waals surface area (Å²) in [5, 5.41) is 9.01. The highest BCUT2D eigenvalue weighted by molar-refractivity contribution is 9.10. The summed E-state index contributed by atoms with van der Waals surface area (Å²) < 4.78 is 26.2. The van der Waals surface area contributed by atoms with Crippen molar-refractivity contribution in [3.05, 3.63) is 64.1 Å². The van der Waals surface area contributed by atoms with Gasteiger partial charge in [-0.1, -0.05) is 40.2 Å². The van der Waals surface area contributed by atoms with Crippen molar-refractivity contribution in [2.75, 3.05) is 24.2 Å². The second-order valence-corrected chi connectivity index (χ2v) is 8.53. The van der Waals surface area contributed by atoms with Crippen LogP contribution in [0.3, 0.4) is 0 Å². The number of benzene rings is 2. The van der Waals surface area contributed by atoms with Gasteiger partial charge in [0, 0.05) is 18.1 Å². The number of likely N-dealkylation sites (N-methyl/N-ethyl adjacent to an activating group) is 1. The molecule has 0 aromatic heterocycles.